The molecule has 0 aromatic heterocycles. The van der Waals surface area contributed by atoms with E-state index in [0.29, 0.717) is 17.2 Å². The molecule has 2 aromatic carbocycles. The molecule has 156 valence electrons. The molecule has 0 saturated carbocycles. The van der Waals surface area contributed by atoms with Gasteiger partial charge in [-0.2, -0.15) is 0 Å². The zero-order valence-electron chi connectivity index (χ0n) is 17.1. The van der Waals surface area contributed by atoms with Crippen LogP contribution < -0.4 is 4.90 Å². The highest BCUT2D eigenvalue weighted by atomic mass is 16.4. The molecule has 2 amide bonds. The molecule has 2 aliphatic heterocycles. The number of amides is 2. The Kier molecular flexibility index (Phi) is 5.68. The number of anilines is 1. The van der Waals surface area contributed by atoms with Crippen LogP contribution in [0.2, 0.25) is 0 Å². The number of benzene rings is 2. The van der Waals surface area contributed by atoms with Crippen molar-refractivity contribution in [1.82, 2.24) is 4.90 Å². The first-order valence-electron chi connectivity index (χ1n) is 10.4. The van der Waals surface area contributed by atoms with Crippen molar-refractivity contribution >= 4 is 23.5 Å². The van der Waals surface area contributed by atoms with Gasteiger partial charge in [-0.15, -0.1) is 0 Å². The van der Waals surface area contributed by atoms with Crippen LogP contribution in [0.3, 0.4) is 0 Å². The smallest absolute Gasteiger partial charge is 0.335 e. The summed E-state index contributed by atoms with van der Waals surface area (Å²) < 4.78 is 0. The maximum atomic E-state index is 13.1. The Morgan fingerprint density at radius 3 is 2.43 bits per heavy atom. The molecule has 0 aliphatic carbocycles. The van der Waals surface area contributed by atoms with Crippen molar-refractivity contribution in [3.63, 3.8) is 0 Å². The lowest BCUT2D eigenvalue weighted by atomic mass is 9.89. The van der Waals surface area contributed by atoms with Crippen molar-refractivity contribution in [3.8, 4) is 0 Å². The standard InChI is InChI=1S/C24H26N2O4/c1-16-7-8-19(24(29)30)14-20(16)26-22(27)15-21(23(26)28)25-11-9-18(10-12-25)13-17-5-3-2-4-6-17/h2-8,14,18,21H,9-13,15H2,1H3,(H,29,30). The summed E-state index contributed by atoms with van der Waals surface area (Å²) in [5, 5.41) is 9.26. The molecule has 1 N–H and O–H groups in total. The largest absolute Gasteiger partial charge is 0.478 e. The topological polar surface area (TPSA) is 77.9 Å². The Hall–Kier alpha value is -2.99. The second kappa shape index (κ2) is 8.40. The van der Waals surface area contributed by atoms with E-state index in [2.05, 4.69) is 29.2 Å². The van der Waals surface area contributed by atoms with Crippen LogP contribution in [0, 0.1) is 12.8 Å². The highest BCUT2D eigenvalue weighted by Crippen LogP contribution is 2.31. The maximum Gasteiger partial charge on any atom is 0.335 e. The Balaban J connectivity index is 1.44. The average molecular weight is 406 g/mol. The monoisotopic (exact) mass is 406 g/mol. The van der Waals surface area contributed by atoms with Crippen LogP contribution in [-0.2, 0) is 16.0 Å². The molecule has 2 aromatic rings. The maximum absolute atomic E-state index is 13.1. The molecule has 1 atom stereocenters. The SMILES string of the molecule is Cc1ccc(C(=O)O)cc1N1C(=O)CC(N2CCC(Cc3ccccc3)CC2)C1=O. The predicted octanol–water partition coefficient (Wildman–Crippen LogP) is 3.28. The number of piperidine rings is 1. The number of likely N-dealkylation sites (tertiary alicyclic amines) is 1. The summed E-state index contributed by atoms with van der Waals surface area (Å²) >= 11 is 0. The first kappa shape index (κ1) is 20.3. The van der Waals surface area contributed by atoms with Crippen LogP contribution in [0.5, 0.6) is 0 Å². The van der Waals surface area contributed by atoms with E-state index in [0.717, 1.165) is 32.4 Å². The number of carboxylic acid groups (broad SMARTS) is 1. The van der Waals surface area contributed by atoms with Crippen LogP contribution in [0.1, 0.15) is 40.7 Å². The van der Waals surface area contributed by atoms with E-state index in [1.165, 1.54) is 22.6 Å². The van der Waals surface area contributed by atoms with Crippen LogP contribution in [0.4, 0.5) is 5.69 Å². The zero-order chi connectivity index (χ0) is 21.3. The summed E-state index contributed by atoms with van der Waals surface area (Å²) in [6, 6.07) is 14.5. The van der Waals surface area contributed by atoms with Crippen molar-refractivity contribution in [2.75, 3.05) is 18.0 Å². The summed E-state index contributed by atoms with van der Waals surface area (Å²) in [4.78, 5) is 40.5. The highest BCUT2D eigenvalue weighted by molar-refractivity contribution is 6.23. The van der Waals surface area contributed by atoms with Gasteiger partial charge in [-0.3, -0.25) is 14.5 Å². The van der Waals surface area contributed by atoms with E-state index in [4.69, 9.17) is 0 Å². The van der Waals surface area contributed by atoms with Crippen LogP contribution >= 0.6 is 0 Å². The van der Waals surface area contributed by atoms with E-state index in [1.807, 2.05) is 6.07 Å². The molecule has 2 saturated heterocycles. The average Bonchev–Trinajstić information content (AvgIpc) is 3.03. The van der Waals surface area contributed by atoms with E-state index in [9.17, 15) is 19.5 Å². The Bertz CT molecular complexity index is 964. The van der Waals surface area contributed by atoms with E-state index in [1.54, 1.807) is 13.0 Å². The molecule has 4 rings (SSSR count). The fourth-order valence-electron chi connectivity index (χ4n) is 4.55. The minimum absolute atomic E-state index is 0.0707. The third-order valence-electron chi connectivity index (χ3n) is 6.28. The predicted molar refractivity (Wildman–Crippen MR) is 113 cm³/mol. The lowest BCUT2D eigenvalue weighted by molar-refractivity contribution is -0.123. The third kappa shape index (κ3) is 4.00. The van der Waals surface area contributed by atoms with Crippen LogP contribution in [-0.4, -0.2) is 46.9 Å². The third-order valence-corrected chi connectivity index (χ3v) is 6.28. The number of nitrogens with zero attached hydrogens (tertiary/aromatic N) is 2. The minimum Gasteiger partial charge on any atom is -0.478 e. The van der Waals surface area contributed by atoms with E-state index in [-0.39, 0.29) is 23.8 Å². The van der Waals surface area contributed by atoms with Crippen LogP contribution in [0.15, 0.2) is 48.5 Å². The molecule has 30 heavy (non-hydrogen) atoms. The minimum atomic E-state index is -1.08. The first-order valence-corrected chi connectivity index (χ1v) is 10.4. The number of carboxylic acids is 1. The summed E-state index contributed by atoms with van der Waals surface area (Å²) in [5.41, 5.74) is 2.50. The first-order chi connectivity index (χ1) is 14.4. The second-order valence-corrected chi connectivity index (χ2v) is 8.26. The van der Waals surface area contributed by atoms with Gasteiger partial charge in [0.05, 0.1) is 23.7 Å². The summed E-state index contributed by atoms with van der Waals surface area (Å²) in [6.07, 6.45) is 3.19. The molecule has 0 radical (unpaired) electrons. The zero-order valence-corrected chi connectivity index (χ0v) is 17.1. The number of imide groups is 1. The van der Waals surface area contributed by atoms with Gasteiger partial charge >= 0.3 is 5.97 Å². The quantitative estimate of drug-likeness (QED) is 0.771. The molecule has 2 fully saturated rings. The molecular weight excluding hydrogens is 380 g/mol. The number of carbonyl (C=O) groups is 3. The number of hydrogen-bond acceptors (Lipinski definition) is 4. The van der Waals surface area contributed by atoms with Crippen LogP contribution in [0.25, 0.3) is 0 Å². The van der Waals surface area contributed by atoms with Crippen molar-refractivity contribution < 1.29 is 19.5 Å². The molecule has 6 heteroatoms. The van der Waals surface area contributed by atoms with E-state index < -0.39 is 12.0 Å². The highest BCUT2D eigenvalue weighted by Gasteiger charge is 2.44. The van der Waals surface area contributed by atoms with Gasteiger partial charge in [0.1, 0.15) is 0 Å². The molecule has 2 aliphatic rings. The molecule has 1 unspecified atom stereocenters. The molecular formula is C24H26N2O4. The molecule has 0 spiro atoms. The van der Waals surface area contributed by atoms with Crippen molar-refractivity contribution in [2.24, 2.45) is 5.92 Å². The van der Waals surface area contributed by atoms with Crippen molar-refractivity contribution in [1.29, 1.82) is 0 Å². The van der Waals surface area contributed by atoms with Gasteiger partial charge in [-0.1, -0.05) is 36.4 Å². The number of hydrogen-bond donors (Lipinski definition) is 1. The van der Waals surface area contributed by atoms with Gasteiger partial charge in [-0.05, 0) is 68.5 Å². The molecule has 2 heterocycles. The van der Waals surface area contributed by atoms with Crippen molar-refractivity contribution in [2.45, 2.75) is 38.6 Å². The molecule has 0 bridgehead atoms. The molecule has 6 nitrogen and oxygen atoms in total. The van der Waals surface area contributed by atoms with Gasteiger partial charge < -0.3 is 5.11 Å². The Labute approximate surface area is 176 Å². The number of aryl methyl sites for hydroxylation is 1. The number of aromatic carboxylic acids is 1. The summed E-state index contributed by atoms with van der Waals surface area (Å²) in [7, 11) is 0. The summed E-state index contributed by atoms with van der Waals surface area (Å²) in [6.45, 7) is 3.37. The fraction of sp³-hybridized carbons (Fsp3) is 0.375. The van der Waals surface area contributed by atoms with Gasteiger partial charge in [0.25, 0.3) is 5.91 Å². The van der Waals surface area contributed by atoms with Gasteiger partial charge in [0, 0.05) is 0 Å². The van der Waals surface area contributed by atoms with Gasteiger partial charge in [-0.25, -0.2) is 9.69 Å². The Morgan fingerprint density at radius 1 is 1.07 bits per heavy atom. The summed E-state index contributed by atoms with van der Waals surface area (Å²) in [5.74, 6) is -0.997. The number of rotatable bonds is 5. The normalized spacial score (nSPS) is 20.7. The lowest BCUT2D eigenvalue weighted by Gasteiger charge is -2.35. The van der Waals surface area contributed by atoms with Gasteiger partial charge in [0.15, 0.2) is 0 Å². The van der Waals surface area contributed by atoms with E-state index >= 15 is 0 Å². The van der Waals surface area contributed by atoms with Gasteiger partial charge in [0.2, 0.25) is 5.91 Å². The Morgan fingerprint density at radius 2 is 1.77 bits per heavy atom. The number of carbonyl (C=O) groups excluding carboxylic acids is 2. The lowest BCUT2D eigenvalue weighted by Crippen LogP contribution is -2.46. The van der Waals surface area contributed by atoms with Crippen molar-refractivity contribution in [3.05, 3.63) is 65.2 Å². The fourth-order valence-corrected chi connectivity index (χ4v) is 4.55. The second-order valence-electron chi connectivity index (χ2n) is 8.26.